The van der Waals surface area contributed by atoms with Gasteiger partial charge in [-0.2, -0.15) is 0 Å². The summed E-state index contributed by atoms with van der Waals surface area (Å²) in [6.45, 7) is 6.02. The van der Waals surface area contributed by atoms with E-state index < -0.39 is 9.05 Å². The van der Waals surface area contributed by atoms with Gasteiger partial charge in [0.2, 0.25) is 0 Å². The third-order valence-corrected chi connectivity index (χ3v) is 4.14. The Bertz CT molecular complexity index is 752. The summed E-state index contributed by atoms with van der Waals surface area (Å²) >= 11 is 0. The average Bonchev–Trinajstić information content (AvgIpc) is 2.45. The van der Waals surface area contributed by atoms with Crippen molar-refractivity contribution in [1.82, 2.24) is 0 Å². The molecule has 0 atom stereocenters. The van der Waals surface area contributed by atoms with Crippen LogP contribution in [0.4, 0.5) is 0 Å². The second-order valence-electron chi connectivity index (χ2n) is 4.71. The maximum atomic E-state index is 11.5. The first kappa shape index (κ1) is 15.6. The molecule has 0 aliphatic rings. The van der Waals surface area contributed by atoms with Crippen molar-refractivity contribution in [2.45, 2.75) is 11.8 Å². The summed E-state index contributed by atoms with van der Waals surface area (Å²) in [5.74, 6) is 0.591. The number of rotatable bonds is 5. The van der Waals surface area contributed by atoms with Crippen molar-refractivity contribution in [1.29, 1.82) is 0 Å². The number of hydrogen-bond donors (Lipinski definition) is 0. The number of halogens is 1. The zero-order valence-corrected chi connectivity index (χ0v) is 13.1. The monoisotopic (exact) mass is 322 g/mol. The van der Waals surface area contributed by atoms with E-state index in [1.807, 2.05) is 37.3 Å². The highest BCUT2D eigenvalue weighted by atomic mass is 35.7. The molecule has 0 heterocycles. The van der Waals surface area contributed by atoms with Gasteiger partial charge in [-0.3, -0.25) is 0 Å². The molecule has 0 saturated heterocycles. The van der Waals surface area contributed by atoms with Crippen LogP contribution in [0, 0.1) is 0 Å². The molecule has 2 aromatic rings. The zero-order chi connectivity index (χ0) is 15.5. The lowest BCUT2D eigenvalue weighted by molar-refractivity contribution is 0.354. The van der Waals surface area contributed by atoms with E-state index in [1.54, 1.807) is 6.07 Å². The third kappa shape index (κ3) is 4.09. The van der Waals surface area contributed by atoms with E-state index in [2.05, 4.69) is 6.58 Å². The minimum Gasteiger partial charge on any atom is -0.489 e. The summed E-state index contributed by atoms with van der Waals surface area (Å²) < 4.78 is 28.7. The van der Waals surface area contributed by atoms with Gasteiger partial charge in [0.1, 0.15) is 12.4 Å². The highest BCUT2D eigenvalue weighted by Gasteiger charge is 2.15. The fraction of sp³-hybridized carbons (Fsp3) is 0.125. The lowest BCUT2D eigenvalue weighted by Gasteiger charge is -2.13. The Morgan fingerprint density at radius 1 is 1.19 bits per heavy atom. The van der Waals surface area contributed by atoms with Gasteiger partial charge < -0.3 is 4.74 Å². The fourth-order valence-corrected chi connectivity index (χ4v) is 2.61. The Balaban J connectivity index is 2.53. The average molecular weight is 323 g/mol. The van der Waals surface area contributed by atoms with Crippen molar-refractivity contribution >= 4 is 19.7 Å². The minimum atomic E-state index is -3.78. The van der Waals surface area contributed by atoms with Crippen LogP contribution in [0.5, 0.6) is 5.75 Å². The van der Waals surface area contributed by atoms with Crippen LogP contribution in [0.2, 0.25) is 0 Å². The van der Waals surface area contributed by atoms with E-state index in [0.717, 1.165) is 11.1 Å². The molecule has 0 amide bonds. The molecule has 0 radical (unpaired) electrons. The predicted octanol–water partition coefficient (Wildman–Crippen LogP) is 4.24. The summed E-state index contributed by atoms with van der Waals surface area (Å²) in [5.41, 5.74) is 2.41. The topological polar surface area (TPSA) is 43.4 Å². The number of hydrogen-bond acceptors (Lipinski definition) is 3. The number of ether oxygens (including phenoxy) is 1. The molecule has 2 aromatic carbocycles. The van der Waals surface area contributed by atoms with Crippen molar-refractivity contribution < 1.29 is 13.2 Å². The highest BCUT2D eigenvalue weighted by Crippen LogP contribution is 2.33. The molecule has 2 rings (SSSR count). The van der Waals surface area contributed by atoms with Crippen LogP contribution in [-0.4, -0.2) is 15.0 Å². The summed E-state index contributed by atoms with van der Waals surface area (Å²) in [6.07, 6.45) is 0. The lowest BCUT2D eigenvalue weighted by atomic mass is 10.0. The second kappa shape index (κ2) is 6.33. The van der Waals surface area contributed by atoms with Crippen LogP contribution < -0.4 is 4.74 Å². The molecule has 110 valence electrons. The zero-order valence-electron chi connectivity index (χ0n) is 11.5. The van der Waals surface area contributed by atoms with Gasteiger partial charge in [0, 0.05) is 16.2 Å². The SMILES string of the molecule is C=C(C)COc1ccc(S(=O)(=O)Cl)cc1-c1ccccc1. The maximum absolute atomic E-state index is 11.5. The van der Waals surface area contributed by atoms with Gasteiger partial charge in [0.15, 0.2) is 0 Å². The molecule has 21 heavy (non-hydrogen) atoms. The molecule has 0 aromatic heterocycles. The van der Waals surface area contributed by atoms with Crippen LogP contribution >= 0.6 is 10.7 Å². The molecule has 0 aliphatic heterocycles. The van der Waals surface area contributed by atoms with Gasteiger partial charge in [-0.05, 0) is 36.3 Å². The van der Waals surface area contributed by atoms with Crippen LogP contribution in [-0.2, 0) is 9.05 Å². The highest BCUT2D eigenvalue weighted by molar-refractivity contribution is 8.13. The Morgan fingerprint density at radius 3 is 2.43 bits per heavy atom. The van der Waals surface area contributed by atoms with Crippen molar-refractivity contribution in [2.24, 2.45) is 0 Å². The van der Waals surface area contributed by atoms with E-state index in [1.165, 1.54) is 12.1 Å². The van der Waals surface area contributed by atoms with Gasteiger partial charge in [-0.1, -0.05) is 36.9 Å². The largest absolute Gasteiger partial charge is 0.489 e. The lowest BCUT2D eigenvalue weighted by Crippen LogP contribution is -2.00. The minimum absolute atomic E-state index is 0.0469. The molecule has 5 heteroatoms. The van der Waals surface area contributed by atoms with Crippen molar-refractivity contribution in [3.8, 4) is 16.9 Å². The normalized spacial score (nSPS) is 11.1. The van der Waals surface area contributed by atoms with E-state index in [0.29, 0.717) is 17.9 Å². The smallest absolute Gasteiger partial charge is 0.261 e. The van der Waals surface area contributed by atoms with Crippen LogP contribution in [0.1, 0.15) is 6.92 Å². The Morgan fingerprint density at radius 2 is 1.86 bits per heavy atom. The van der Waals surface area contributed by atoms with Gasteiger partial charge in [-0.25, -0.2) is 8.42 Å². The number of benzene rings is 2. The standard InChI is InChI=1S/C16H15ClO3S/c1-12(2)11-20-16-9-8-14(21(17,18)19)10-15(16)13-6-4-3-5-7-13/h3-10H,1,11H2,2H3. The van der Waals surface area contributed by atoms with Gasteiger partial charge in [-0.15, -0.1) is 0 Å². The molecule has 0 bridgehead atoms. The Labute approximate surface area is 129 Å². The van der Waals surface area contributed by atoms with Crippen LogP contribution in [0.25, 0.3) is 11.1 Å². The fourth-order valence-electron chi connectivity index (χ4n) is 1.83. The molecule has 0 saturated carbocycles. The van der Waals surface area contributed by atoms with E-state index in [4.69, 9.17) is 15.4 Å². The van der Waals surface area contributed by atoms with E-state index in [9.17, 15) is 8.42 Å². The summed E-state index contributed by atoms with van der Waals surface area (Å²) in [4.78, 5) is 0.0469. The third-order valence-electron chi connectivity index (χ3n) is 2.79. The quantitative estimate of drug-likeness (QED) is 0.611. The molecule has 0 spiro atoms. The van der Waals surface area contributed by atoms with E-state index in [-0.39, 0.29) is 4.90 Å². The molecular weight excluding hydrogens is 308 g/mol. The summed E-state index contributed by atoms with van der Waals surface area (Å²) in [5, 5.41) is 0. The Kier molecular flexibility index (Phi) is 4.70. The molecule has 0 unspecified atom stereocenters. The molecular formula is C16H15ClO3S. The van der Waals surface area contributed by atoms with Gasteiger partial charge >= 0.3 is 0 Å². The maximum Gasteiger partial charge on any atom is 0.261 e. The first-order valence-electron chi connectivity index (χ1n) is 6.29. The predicted molar refractivity (Wildman–Crippen MR) is 85.2 cm³/mol. The Hall–Kier alpha value is -1.78. The van der Waals surface area contributed by atoms with Crippen molar-refractivity contribution in [3.63, 3.8) is 0 Å². The van der Waals surface area contributed by atoms with Crippen LogP contribution in [0.3, 0.4) is 0 Å². The van der Waals surface area contributed by atoms with Gasteiger partial charge in [0.05, 0.1) is 4.90 Å². The van der Waals surface area contributed by atoms with Gasteiger partial charge in [0.25, 0.3) is 9.05 Å². The second-order valence-corrected chi connectivity index (χ2v) is 7.27. The summed E-state index contributed by atoms with van der Waals surface area (Å²) in [6, 6.07) is 14.0. The first-order chi connectivity index (χ1) is 9.88. The molecule has 3 nitrogen and oxygen atoms in total. The van der Waals surface area contributed by atoms with E-state index >= 15 is 0 Å². The molecule has 0 aliphatic carbocycles. The summed E-state index contributed by atoms with van der Waals surface area (Å²) in [7, 11) is 1.63. The first-order valence-corrected chi connectivity index (χ1v) is 8.60. The molecule has 0 N–H and O–H groups in total. The van der Waals surface area contributed by atoms with Crippen molar-refractivity contribution in [2.75, 3.05) is 6.61 Å². The molecule has 0 fully saturated rings. The van der Waals surface area contributed by atoms with Crippen molar-refractivity contribution in [3.05, 3.63) is 60.7 Å². The van der Waals surface area contributed by atoms with Crippen LogP contribution in [0.15, 0.2) is 65.6 Å².